The average Bonchev–Trinajstić information content (AvgIpc) is 2.37. The second-order valence-corrected chi connectivity index (χ2v) is 4.71. The second kappa shape index (κ2) is 5.63. The predicted octanol–water partition coefficient (Wildman–Crippen LogP) is 2.37. The summed E-state index contributed by atoms with van der Waals surface area (Å²) in [4.78, 5) is 12.7. The van der Waals surface area contributed by atoms with Crippen LogP contribution in [0.3, 0.4) is 0 Å². The molecule has 2 rings (SSSR count). The van der Waals surface area contributed by atoms with Gasteiger partial charge in [-0.15, -0.1) is 0 Å². The zero-order valence-electron chi connectivity index (χ0n) is 9.63. The first-order valence-corrected chi connectivity index (χ1v) is 6.58. The highest BCUT2D eigenvalue weighted by molar-refractivity contribution is 7.98. The number of aromatic nitrogens is 3. The van der Waals surface area contributed by atoms with E-state index in [-0.39, 0.29) is 5.95 Å². The number of hydrogen-bond acceptors (Lipinski definition) is 5. The van der Waals surface area contributed by atoms with Gasteiger partial charge in [0.05, 0.1) is 5.75 Å². The molecule has 0 radical (unpaired) electrons. The molecule has 17 heavy (non-hydrogen) atoms. The number of nitrogens with zero attached hydrogens (tertiary/aromatic N) is 3. The maximum absolute atomic E-state index is 5.70. The maximum atomic E-state index is 5.70. The molecule has 1 aromatic carbocycles. The number of hydrogen-bond donors (Lipinski definition) is 1. The van der Waals surface area contributed by atoms with Gasteiger partial charge in [0.2, 0.25) is 5.95 Å². The molecule has 0 unspecified atom stereocenters. The Morgan fingerprint density at radius 1 is 1.12 bits per heavy atom. The van der Waals surface area contributed by atoms with Crippen LogP contribution < -0.4 is 5.73 Å². The third kappa shape index (κ3) is 3.17. The van der Waals surface area contributed by atoms with E-state index in [1.807, 2.05) is 30.3 Å². The lowest BCUT2D eigenvalue weighted by Crippen LogP contribution is -2.04. The molecule has 0 spiro atoms. The Morgan fingerprint density at radius 3 is 2.59 bits per heavy atom. The highest BCUT2D eigenvalue weighted by Crippen LogP contribution is 2.16. The zero-order chi connectivity index (χ0) is 12.1. The van der Waals surface area contributed by atoms with Gasteiger partial charge in [-0.3, -0.25) is 0 Å². The van der Waals surface area contributed by atoms with E-state index in [0.717, 1.165) is 22.9 Å². The molecular weight excluding hydrogens is 232 g/mol. The second-order valence-electron chi connectivity index (χ2n) is 3.44. The molecular formula is C12H14N4S. The van der Waals surface area contributed by atoms with Crippen molar-refractivity contribution in [2.75, 3.05) is 11.5 Å². The van der Waals surface area contributed by atoms with E-state index in [2.05, 4.69) is 21.9 Å². The maximum Gasteiger partial charge on any atom is 0.223 e. The molecule has 0 aliphatic rings. The SMILES string of the molecule is CCSCc1nc(N)nc(-c2ccccc2)n1. The van der Waals surface area contributed by atoms with Crippen molar-refractivity contribution in [2.45, 2.75) is 12.7 Å². The Hall–Kier alpha value is -1.62. The first-order chi connectivity index (χ1) is 8.29. The molecule has 1 heterocycles. The van der Waals surface area contributed by atoms with Crippen LogP contribution in [-0.2, 0) is 5.75 Å². The summed E-state index contributed by atoms with van der Waals surface area (Å²) in [6.45, 7) is 2.10. The Bertz CT molecular complexity index is 487. The van der Waals surface area contributed by atoms with Gasteiger partial charge >= 0.3 is 0 Å². The Balaban J connectivity index is 2.32. The fourth-order valence-electron chi connectivity index (χ4n) is 1.41. The van der Waals surface area contributed by atoms with Crippen molar-refractivity contribution in [3.05, 3.63) is 36.2 Å². The molecule has 0 amide bonds. The molecule has 0 saturated carbocycles. The summed E-state index contributed by atoms with van der Waals surface area (Å²) in [5.41, 5.74) is 6.66. The Kier molecular flexibility index (Phi) is 3.93. The normalized spacial score (nSPS) is 10.4. The quantitative estimate of drug-likeness (QED) is 0.897. The summed E-state index contributed by atoms with van der Waals surface area (Å²) in [6.07, 6.45) is 0. The van der Waals surface area contributed by atoms with Gasteiger partial charge in [-0.25, -0.2) is 4.98 Å². The van der Waals surface area contributed by atoms with Crippen molar-refractivity contribution in [3.8, 4) is 11.4 Å². The summed E-state index contributed by atoms with van der Waals surface area (Å²) in [6, 6.07) is 9.80. The van der Waals surface area contributed by atoms with Crippen LogP contribution in [-0.4, -0.2) is 20.7 Å². The highest BCUT2D eigenvalue weighted by Gasteiger charge is 2.06. The van der Waals surface area contributed by atoms with Crippen molar-refractivity contribution in [2.24, 2.45) is 0 Å². The topological polar surface area (TPSA) is 64.7 Å². The molecule has 0 bridgehead atoms. The van der Waals surface area contributed by atoms with Gasteiger partial charge in [0.15, 0.2) is 5.82 Å². The molecule has 0 fully saturated rings. The summed E-state index contributed by atoms with van der Waals surface area (Å²) in [5.74, 6) is 3.47. The van der Waals surface area contributed by atoms with Gasteiger partial charge in [0.1, 0.15) is 5.82 Å². The van der Waals surface area contributed by atoms with E-state index in [1.165, 1.54) is 0 Å². The van der Waals surface area contributed by atoms with Crippen molar-refractivity contribution in [3.63, 3.8) is 0 Å². The molecule has 2 aromatic rings. The fraction of sp³-hybridized carbons (Fsp3) is 0.250. The number of rotatable bonds is 4. The molecule has 2 N–H and O–H groups in total. The van der Waals surface area contributed by atoms with Crippen LogP contribution in [0.4, 0.5) is 5.95 Å². The Morgan fingerprint density at radius 2 is 1.88 bits per heavy atom. The minimum atomic E-state index is 0.283. The van der Waals surface area contributed by atoms with E-state index >= 15 is 0 Å². The monoisotopic (exact) mass is 246 g/mol. The number of thioether (sulfide) groups is 1. The van der Waals surface area contributed by atoms with E-state index in [4.69, 9.17) is 5.73 Å². The largest absolute Gasteiger partial charge is 0.368 e. The first kappa shape index (κ1) is 11.9. The number of nitrogen functional groups attached to an aromatic ring is 1. The minimum absolute atomic E-state index is 0.283. The summed E-state index contributed by atoms with van der Waals surface area (Å²) >= 11 is 1.77. The van der Waals surface area contributed by atoms with Crippen LogP contribution in [0.5, 0.6) is 0 Å². The molecule has 0 aliphatic heterocycles. The van der Waals surface area contributed by atoms with Crippen LogP contribution in [0.1, 0.15) is 12.7 Å². The van der Waals surface area contributed by atoms with Crippen LogP contribution in [0.2, 0.25) is 0 Å². The van der Waals surface area contributed by atoms with Gasteiger partial charge in [-0.2, -0.15) is 21.7 Å². The van der Waals surface area contributed by atoms with Crippen LogP contribution in [0.25, 0.3) is 11.4 Å². The van der Waals surface area contributed by atoms with Crippen LogP contribution >= 0.6 is 11.8 Å². The van der Waals surface area contributed by atoms with Crippen molar-refractivity contribution in [1.82, 2.24) is 15.0 Å². The lowest BCUT2D eigenvalue weighted by Gasteiger charge is -2.04. The van der Waals surface area contributed by atoms with Crippen molar-refractivity contribution >= 4 is 17.7 Å². The number of nitrogens with two attached hydrogens (primary N) is 1. The van der Waals surface area contributed by atoms with E-state index in [9.17, 15) is 0 Å². The van der Waals surface area contributed by atoms with Gasteiger partial charge in [0, 0.05) is 5.56 Å². The van der Waals surface area contributed by atoms with Crippen molar-refractivity contribution in [1.29, 1.82) is 0 Å². The summed E-state index contributed by atoms with van der Waals surface area (Å²) in [5, 5.41) is 0. The average molecular weight is 246 g/mol. The predicted molar refractivity (Wildman–Crippen MR) is 71.5 cm³/mol. The molecule has 4 nitrogen and oxygen atoms in total. The number of anilines is 1. The zero-order valence-corrected chi connectivity index (χ0v) is 10.4. The molecule has 5 heteroatoms. The highest BCUT2D eigenvalue weighted by atomic mass is 32.2. The van der Waals surface area contributed by atoms with Gasteiger partial charge in [-0.05, 0) is 5.75 Å². The lowest BCUT2D eigenvalue weighted by atomic mass is 10.2. The third-order valence-corrected chi connectivity index (χ3v) is 3.04. The summed E-state index contributed by atoms with van der Waals surface area (Å²) < 4.78 is 0. The lowest BCUT2D eigenvalue weighted by molar-refractivity contribution is 0.983. The Labute approximate surface area is 105 Å². The van der Waals surface area contributed by atoms with E-state index in [1.54, 1.807) is 11.8 Å². The molecule has 0 aliphatic carbocycles. The van der Waals surface area contributed by atoms with Crippen LogP contribution in [0, 0.1) is 0 Å². The van der Waals surface area contributed by atoms with E-state index < -0.39 is 0 Å². The van der Waals surface area contributed by atoms with Crippen molar-refractivity contribution < 1.29 is 0 Å². The van der Waals surface area contributed by atoms with Gasteiger partial charge in [0.25, 0.3) is 0 Å². The molecule has 0 saturated heterocycles. The summed E-state index contributed by atoms with van der Waals surface area (Å²) in [7, 11) is 0. The number of benzene rings is 1. The van der Waals surface area contributed by atoms with Crippen LogP contribution in [0.15, 0.2) is 30.3 Å². The van der Waals surface area contributed by atoms with E-state index in [0.29, 0.717) is 5.82 Å². The smallest absolute Gasteiger partial charge is 0.223 e. The first-order valence-electron chi connectivity index (χ1n) is 5.43. The molecule has 88 valence electrons. The standard InChI is InChI=1S/C12H14N4S/c1-2-17-8-10-14-11(16-12(13)15-10)9-6-4-3-5-7-9/h3-7H,2,8H2,1H3,(H2,13,14,15,16). The molecule has 0 atom stereocenters. The fourth-order valence-corrected chi connectivity index (χ4v) is 1.93. The van der Waals surface area contributed by atoms with Gasteiger partial charge < -0.3 is 5.73 Å². The molecule has 1 aromatic heterocycles. The third-order valence-electron chi connectivity index (χ3n) is 2.17. The minimum Gasteiger partial charge on any atom is -0.368 e. The van der Waals surface area contributed by atoms with Gasteiger partial charge in [-0.1, -0.05) is 37.3 Å².